The molecule has 1 aliphatic heterocycles. The van der Waals surface area contributed by atoms with Gasteiger partial charge in [0.2, 0.25) is 0 Å². The first-order chi connectivity index (χ1) is 6.81. The molecule has 3 nitrogen and oxygen atoms in total. The highest BCUT2D eigenvalue weighted by Crippen LogP contribution is 2.23. The Morgan fingerprint density at radius 1 is 1.71 bits per heavy atom. The van der Waals surface area contributed by atoms with Crippen LogP contribution in [0.15, 0.2) is 17.5 Å². The molecule has 2 heterocycles. The minimum Gasteiger partial charge on any atom is -0.329 e. The number of carbonyl (C=O) groups excluding carboxylic acids is 1. The average molecular weight is 228 g/mol. The first-order valence-corrected chi connectivity index (χ1v) is 6.02. The molecule has 0 spiro atoms. The Kier molecular flexibility index (Phi) is 2.98. The lowest BCUT2D eigenvalue weighted by Gasteiger charge is -2.11. The largest absolute Gasteiger partial charge is 0.329 e. The molecule has 14 heavy (non-hydrogen) atoms. The quantitative estimate of drug-likeness (QED) is 0.759. The highest BCUT2D eigenvalue weighted by atomic mass is 32.1. The van der Waals surface area contributed by atoms with Gasteiger partial charge in [0.05, 0.1) is 6.04 Å². The molecule has 5 heteroatoms. The second kappa shape index (κ2) is 4.23. The predicted octanol–water partition coefficient (Wildman–Crippen LogP) is 1.74. The van der Waals surface area contributed by atoms with Crippen molar-refractivity contribution in [2.45, 2.75) is 6.04 Å². The zero-order valence-electron chi connectivity index (χ0n) is 7.64. The molecule has 1 fully saturated rings. The summed E-state index contributed by atoms with van der Waals surface area (Å²) in [6.07, 6.45) is 0. The Morgan fingerprint density at radius 2 is 2.57 bits per heavy atom. The van der Waals surface area contributed by atoms with Gasteiger partial charge < -0.3 is 10.2 Å². The highest BCUT2D eigenvalue weighted by Gasteiger charge is 2.29. The van der Waals surface area contributed by atoms with Gasteiger partial charge in [0, 0.05) is 23.7 Å². The number of thiol groups is 1. The number of rotatable bonds is 3. The van der Waals surface area contributed by atoms with Crippen LogP contribution in [-0.4, -0.2) is 29.8 Å². The second-order valence-corrected chi connectivity index (χ2v) is 4.61. The van der Waals surface area contributed by atoms with Crippen LogP contribution in [0.4, 0.5) is 4.79 Å². The Balaban J connectivity index is 2.03. The molecule has 1 aromatic heterocycles. The number of amides is 2. The molecule has 1 aliphatic rings. The third kappa shape index (κ3) is 1.88. The number of nitrogens with one attached hydrogen (secondary N) is 1. The lowest BCUT2D eigenvalue weighted by molar-refractivity contribution is 0.220. The van der Waals surface area contributed by atoms with Crippen LogP contribution in [0.2, 0.25) is 0 Å². The van der Waals surface area contributed by atoms with Gasteiger partial charge in [-0.2, -0.15) is 12.6 Å². The van der Waals surface area contributed by atoms with E-state index in [0.717, 1.165) is 13.1 Å². The van der Waals surface area contributed by atoms with Gasteiger partial charge >= 0.3 is 6.03 Å². The maximum absolute atomic E-state index is 11.5. The van der Waals surface area contributed by atoms with Crippen molar-refractivity contribution in [2.75, 3.05) is 18.8 Å². The summed E-state index contributed by atoms with van der Waals surface area (Å²) in [7, 11) is 0. The van der Waals surface area contributed by atoms with Gasteiger partial charge in [0.1, 0.15) is 0 Å². The lowest BCUT2D eigenvalue weighted by Crippen LogP contribution is -2.29. The number of nitrogens with zero attached hydrogens (tertiary/aromatic N) is 1. The summed E-state index contributed by atoms with van der Waals surface area (Å²) in [5.74, 6) is 0.713. The molecule has 0 radical (unpaired) electrons. The van der Waals surface area contributed by atoms with E-state index in [4.69, 9.17) is 0 Å². The molecule has 1 unspecified atom stereocenters. The van der Waals surface area contributed by atoms with E-state index in [-0.39, 0.29) is 12.1 Å². The number of carbonyl (C=O) groups is 1. The normalized spacial score (nSPS) is 21.4. The maximum Gasteiger partial charge on any atom is 0.318 e. The summed E-state index contributed by atoms with van der Waals surface area (Å²) >= 11 is 5.80. The van der Waals surface area contributed by atoms with Crippen molar-refractivity contribution in [3.63, 3.8) is 0 Å². The minimum atomic E-state index is 0.0254. The standard InChI is InChI=1S/C9H12N2OS2/c12-9-10-7(6-11(9)3-4-13)8-2-1-5-14-8/h1-2,5,7,13H,3-4,6H2,(H,10,12). The molecule has 0 bridgehead atoms. The van der Waals surface area contributed by atoms with Crippen molar-refractivity contribution < 1.29 is 4.79 Å². The fourth-order valence-corrected chi connectivity index (χ4v) is 2.56. The SMILES string of the molecule is O=C1NC(c2cccs2)CN1CCS. The second-order valence-electron chi connectivity index (χ2n) is 3.19. The molecule has 76 valence electrons. The van der Waals surface area contributed by atoms with Crippen LogP contribution in [0.25, 0.3) is 0 Å². The van der Waals surface area contributed by atoms with Gasteiger partial charge in [-0.3, -0.25) is 0 Å². The van der Waals surface area contributed by atoms with Gasteiger partial charge in [-0.1, -0.05) is 6.07 Å². The smallest absolute Gasteiger partial charge is 0.318 e. The first kappa shape index (κ1) is 9.86. The average Bonchev–Trinajstić information content (AvgIpc) is 2.76. The number of hydrogen-bond donors (Lipinski definition) is 2. The Labute approximate surface area is 92.5 Å². The molecular formula is C9H12N2OS2. The maximum atomic E-state index is 11.5. The molecule has 1 atom stereocenters. The van der Waals surface area contributed by atoms with Crippen molar-refractivity contribution in [1.82, 2.24) is 10.2 Å². The molecule has 1 saturated heterocycles. The van der Waals surface area contributed by atoms with E-state index >= 15 is 0 Å². The zero-order valence-corrected chi connectivity index (χ0v) is 9.35. The van der Waals surface area contributed by atoms with Crippen molar-refractivity contribution in [3.05, 3.63) is 22.4 Å². The van der Waals surface area contributed by atoms with Gasteiger partial charge in [0.25, 0.3) is 0 Å². The van der Waals surface area contributed by atoms with E-state index in [1.807, 2.05) is 11.4 Å². The van der Waals surface area contributed by atoms with Crippen LogP contribution >= 0.6 is 24.0 Å². The van der Waals surface area contributed by atoms with Crippen molar-refractivity contribution >= 4 is 30.0 Å². The summed E-state index contributed by atoms with van der Waals surface area (Å²) in [5, 5.41) is 4.99. The number of hydrogen-bond acceptors (Lipinski definition) is 3. The fraction of sp³-hybridized carbons (Fsp3) is 0.444. The lowest BCUT2D eigenvalue weighted by atomic mass is 10.2. The summed E-state index contributed by atoms with van der Waals surface area (Å²) in [6.45, 7) is 1.48. The zero-order chi connectivity index (χ0) is 9.97. The summed E-state index contributed by atoms with van der Waals surface area (Å²) in [4.78, 5) is 14.5. The molecular weight excluding hydrogens is 216 g/mol. The highest BCUT2D eigenvalue weighted by molar-refractivity contribution is 7.80. The van der Waals surface area contributed by atoms with Crippen molar-refractivity contribution in [1.29, 1.82) is 0 Å². The molecule has 0 saturated carbocycles. The van der Waals surface area contributed by atoms with Gasteiger partial charge in [-0.25, -0.2) is 4.79 Å². The van der Waals surface area contributed by atoms with E-state index < -0.39 is 0 Å². The molecule has 2 amide bonds. The Hall–Kier alpha value is -0.680. The summed E-state index contributed by atoms with van der Waals surface area (Å²) in [5.41, 5.74) is 0. The third-order valence-electron chi connectivity index (χ3n) is 2.24. The first-order valence-electron chi connectivity index (χ1n) is 4.51. The Morgan fingerprint density at radius 3 is 3.21 bits per heavy atom. The van der Waals surface area contributed by atoms with Crippen LogP contribution < -0.4 is 5.32 Å². The molecule has 1 N–H and O–H groups in total. The van der Waals surface area contributed by atoms with Crippen LogP contribution in [-0.2, 0) is 0 Å². The Bertz CT molecular complexity index is 313. The molecule has 0 aliphatic carbocycles. The topological polar surface area (TPSA) is 32.3 Å². The molecule has 1 aromatic rings. The minimum absolute atomic E-state index is 0.0254. The van der Waals surface area contributed by atoms with Crippen molar-refractivity contribution in [3.8, 4) is 0 Å². The van der Waals surface area contributed by atoms with Crippen LogP contribution in [0.3, 0.4) is 0 Å². The number of thiophene rings is 1. The molecule has 0 aromatic carbocycles. The van der Waals surface area contributed by atoms with Crippen LogP contribution in [0.5, 0.6) is 0 Å². The monoisotopic (exact) mass is 228 g/mol. The van der Waals surface area contributed by atoms with E-state index in [9.17, 15) is 4.79 Å². The van der Waals surface area contributed by atoms with Gasteiger partial charge in [0.15, 0.2) is 0 Å². The van der Waals surface area contributed by atoms with E-state index in [2.05, 4.69) is 24.0 Å². The van der Waals surface area contributed by atoms with Crippen molar-refractivity contribution in [2.24, 2.45) is 0 Å². The van der Waals surface area contributed by atoms with E-state index in [1.54, 1.807) is 16.2 Å². The predicted molar refractivity (Wildman–Crippen MR) is 61.0 cm³/mol. The number of urea groups is 1. The fourth-order valence-electron chi connectivity index (χ4n) is 1.55. The summed E-state index contributed by atoms with van der Waals surface area (Å²) in [6, 6.07) is 4.26. The van der Waals surface area contributed by atoms with E-state index in [1.165, 1.54) is 4.88 Å². The van der Waals surface area contributed by atoms with E-state index in [0.29, 0.717) is 5.75 Å². The molecule has 2 rings (SSSR count). The van der Waals surface area contributed by atoms with Gasteiger partial charge in [-0.05, 0) is 11.4 Å². The van der Waals surface area contributed by atoms with Gasteiger partial charge in [-0.15, -0.1) is 11.3 Å². The summed E-state index contributed by atoms with van der Waals surface area (Å²) < 4.78 is 0. The third-order valence-corrected chi connectivity index (χ3v) is 3.43. The van der Waals surface area contributed by atoms with Crippen LogP contribution in [0.1, 0.15) is 10.9 Å². The van der Waals surface area contributed by atoms with Crippen LogP contribution in [0, 0.1) is 0 Å².